The highest BCUT2D eigenvalue weighted by Gasteiger charge is 2.25. The van der Waals surface area contributed by atoms with Crippen LogP contribution in [-0.2, 0) is 10.0 Å². The van der Waals surface area contributed by atoms with E-state index in [2.05, 4.69) is 0 Å². The molecule has 0 aliphatic carbocycles. The molecule has 0 unspecified atom stereocenters. The SMILES string of the molecule is CS(=O)(=O)N1CCCN(c2ccc(I)cc2[N+](=O)[O-])CC1. The van der Waals surface area contributed by atoms with Crippen LogP contribution in [0.2, 0.25) is 0 Å². The second-order valence-corrected chi connectivity index (χ2v) is 8.12. The van der Waals surface area contributed by atoms with Gasteiger partial charge >= 0.3 is 0 Å². The molecule has 1 aromatic carbocycles. The van der Waals surface area contributed by atoms with Crippen LogP contribution in [-0.4, -0.2) is 50.1 Å². The minimum Gasteiger partial charge on any atom is -0.365 e. The molecule has 0 atom stereocenters. The van der Waals surface area contributed by atoms with Crippen LogP contribution >= 0.6 is 22.6 Å². The first-order valence-electron chi connectivity index (χ1n) is 6.43. The van der Waals surface area contributed by atoms with E-state index in [1.54, 1.807) is 6.07 Å². The molecule has 0 spiro atoms. The smallest absolute Gasteiger partial charge is 0.293 e. The second kappa shape index (κ2) is 6.44. The van der Waals surface area contributed by atoms with Gasteiger partial charge in [0.25, 0.3) is 5.69 Å². The van der Waals surface area contributed by atoms with E-state index in [1.807, 2.05) is 33.6 Å². The lowest BCUT2D eigenvalue weighted by Gasteiger charge is -2.22. The number of hydrogen-bond acceptors (Lipinski definition) is 5. The van der Waals surface area contributed by atoms with Crippen molar-refractivity contribution in [3.05, 3.63) is 31.9 Å². The van der Waals surface area contributed by atoms with Crippen LogP contribution in [0.1, 0.15) is 6.42 Å². The fourth-order valence-corrected chi connectivity index (χ4v) is 3.73. The summed E-state index contributed by atoms with van der Waals surface area (Å²) in [4.78, 5) is 12.7. The first-order valence-corrected chi connectivity index (χ1v) is 9.36. The molecule has 0 amide bonds. The molecule has 21 heavy (non-hydrogen) atoms. The molecule has 0 bridgehead atoms. The Morgan fingerprint density at radius 2 is 1.95 bits per heavy atom. The fourth-order valence-electron chi connectivity index (χ4n) is 2.38. The third-order valence-corrected chi connectivity index (χ3v) is 5.37. The van der Waals surface area contributed by atoms with Crippen LogP contribution in [0.5, 0.6) is 0 Å². The maximum Gasteiger partial charge on any atom is 0.293 e. The number of sulfonamides is 1. The summed E-state index contributed by atoms with van der Waals surface area (Å²) in [5.74, 6) is 0. The number of benzene rings is 1. The zero-order chi connectivity index (χ0) is 15.6. The number of nitro benzene ring substituents is 1. The van der Waals surface area contributed by atoms with E-state index in [9.17, 15) is 18.5 Å². The molecular formula is C12H16IN3O4S. The van der Waals surface area contributed by atoms with Gasteiger partial charge in [-0.2, -0.15) is 0 Å². The van der Waals surface area contributed by atoms with E-state index in [-0.39, 0.29) is 5.69 Å². The number of nitro groups is 1. The molecule has 2 rings (SSSR count). The van der Waals surface area contributed by atoms with Gasteiger partial charge in [-0.1, -0.05) is 0 Å². The topological polar surface area (TPSA) is 83.8 Å². The number of nitrogens with zero attached hydrogens (tertiary/aromatic N) is 3. The van der Waals surface area contributed by atoms with Crippen molar-refractivity contribution in [3.63, 3.8) is 0 Å². The summed E-state index contributed by atoms with van der Waals surface area (Å²) in [6.45, 7) is 1.86. The highest BCUT2D eigenvalue weighted by Crippen LogP contribution is 2.30. The Labute approximate surface area is 137 Å². The van der Waals surface area contributed by atoms with E-state index in [0.717, 1.165) is 3.57 Å². The average Bonchev–Trinajstić information content (AvgIpc) is 2.63. The van der Waals surface area contributed by atoms with Gasteiger partial charge in [0.15, 0.2) is 0 Å². The highest BCUT2D eigenvalue weighted by molar-refractivity contribution is 14.1. The van der Waals surface area contributed by atoms with Gasteiger partial charge in [0, 0.05) is 35.8 Å². The molecule has 9 heteroatoms. The monoisotopic (exact) mass is 425 g/mol. The largest absolute Gasteiger partial charge is 0.365 e. The first-order chi connectivity index (χ1) is 9.79. The van der Waals surface area contributed by atoms with Crippen molar-refractivity contribution in [3.8, 4) is 0 Å². The van der Waals surface area contributed by atoms with Gasteiger partial charge in [-0.05, 0) is 41.1 Å². The number of hydrogen-bond donors (Lipinski definition) is 0. The molecule has 0 saturated carbocycles. The Balaban J connectivity index is 2.26. The molecule has 1 aromatic rings. The lowest BCUT2D eigenvalue weighted by Crippen LogP contribution is -2.34. The summed E-state index contributed by atoms with van der Waals surface area (Å²) in [7, 11) is -3.22. The number of rotatable bonds is 3. The van der Waals surface area contributed by atoms with Crippen LogP contribution < -0.4 is 4.90 Å². The molecular weight excluding hydrogens is 409 g/mol. The molecule has 1 fully saturated rings. The molecule has 116 valence electrons. The Morgan fingerprint density at radius 1 is 1.24 bits per heavy atom. The van der Waals surface area contributed by atoms with Crippen LogP contribution in [0.4, 0.5) is 11.4 Å². The maximum absolute atomic E-state index is 11.6. The molecule has 1 aliphatic rings. The summed E-state index contributed by atoms with van der Waals surface area (Å²) in [5, 5.41) is 11.2. The molecule has 0 radical (unpaired) electrons. The summed E-state index contributed by atoms with van der Waals surface area (Å²) in [6, 6.07) is 5.09. The van der Waals surface area contributed by atoms with Crippen molar-refractivity contribution in [2.24, 2.45) is 0 Å². The predicted molar refractivity (Wildman–Crippen MR) is 89.1 cm³/mol. The van der Waals surface area contributed by atoms with E-state index in [0.29, 0.717) is 38.3 Å². The Kier molecular flexibility index (Phi) is 5.04. The minimum atomic E-state index is -3.22. The Hall–Kier alpha value is -0.940. The lowest BCUT2D eigenvalue weighted by atomic mass is 10.2. The average molecular weight is 425 g/mol. The van der Waals surface area contributed by atoms with Crippen molar-refractivity contribution < 1.29 is 13.3 Å². The molecule has 0 N–H and O–H groups in total. The molecule has 0 aromatic heterocycles. The van der Waals surface area contributed by atoms with Crippen molar-refractivity contribution in [2.45, 2.75) is 6.42 Å². The van der Waals surface area contributed by atoms with Crippen molar-refractivity contribution in [2.75, 3.05) is 37.3 Å². The Bertz CT molecular complexity index is 650. The second-order valence-electron chi connectivity index (χ2n) is 4.89. The first kappa shape index (κ1) is 16.4. The van der Waals surface area contributed by atoms with Crippen molar-refractivity contribution in [1.29, 1.82) is 0 Å². The van der Waals surface area contributed by atoms with Crippen molar-refractivity contribution >= 4 is 44.0 Å². The van der Waals surface area contributed by atoms with Crippen LogP contribution in [0.15, 0.2) is 18.2 Å². The zero-order valence-corrected chi connectivity index (χ0v) is 14.5. The lowest BCUT2D eigenvalue weighted by molar-refractivity contribution is -0.384. The molecule has 7 nitrogen and oxygen atoms in total. The van der Waals surface area contributed by atoms with Crippen LogP contribution in [0.3, 0.4) is 0 Å². The highest BCUT2D eigenvalue weighted by atomic mass is 127. The fraction of sp³-hybridized carbons (Fsp3) is 0.500. The van der Waals surface area contributed by atoms with Crippen LogP contribution in [0, 0.1) is 13.7 Å². The predicted octanol–water partition coefficient (Wildman–Crippen LogP) is 1.67. The third-order valence-electron chi connectivity index (χ3n) is 3.40. The summed E-state index contributed by atoms with van der Waals surface area (Å²) in [5.41, 5.74) is 0.616. The summed E-state index contributed by atoms with van der Waals surface area (Å²) < 4.78 is 25.4. The van der Waals surface area contributed by atoms with Crippen molar-refractivity contribution in [1.82, 2.24) is 4.31 Å². The standard InChI is InChI=1S/C12H16IN3O4S/c1-21(19,20)15-6-2-5-14(7-8-15)11-4-3-10(13)9-12(11)16(17)18/h3-4,9H,2,5-8H2,1H3. The maximum atomic E-state index is 11.6. The summed E-state index contributed by atoms with van der Waals surface area (Å²) in [6.07, 6.45) is 1.84. The molecule has 1 aliphatic heterocycles. The normalized spacial score (nSPS) is 17.5. The molecule has 1 heterocycles. The molecule has 1 saturated heterocycles. The quantitative estimate of drug-likeness (QED) is 0.418. The van der Waals surface area contributed by atoms with Gasteiger partial charge < -0.3 is 4.90 Å². The van der Waals surface area contributed by atoms with Gasteiger partial charge in [-0.25, -0.2) is 12.7 Å². The number of anilines is 1. The van der Waals surface area contributed by atoms with Gasteiger partial charge in [0.1, 0.15) is 5.69 Å². The van der Waals surface area contributed by atoms with E-state index in [1.165, 1.54) is 16.6 Å². The third kappa shape index (κ3) is 4.04. The van der Waals surface area contributed by atoms with Gasteiger partial charge in [0.05, 0.1) is 11.2 Å². The zero-order valence-electron chi connectivity index (χ0n) is 11.5. The van der Waals surface area contributed by atoms with E-state index >= 15 is 0 Å². The Morgan fingerprint density at radius 3 is 2.57 bits per heavy atom. The van der Waals surface area contributed by atoms with Gasteiger partial charge in [-0.15, -0.1) is 0 Å². The summed E-state index contributed by atoms with van der Waals surface area (Å²) >= 11 is 2.04. The number of halogens is 1. The van der Waals surface area contributed by atoms with E-state index in [4.69, 9.17) is 0 Å². The van der Waals surface area contributed by atoms with E-state index < -0.39 is 14.9 Å². The van der Waals surface area contributed by atoms with Gasteiger partial charge in [0.2, 0.25) is 10.0 Å². The van der Waals surface area contributed by atoms with Gasteiger partial charge in [-0.3, -0.25) is 10.1 Å². The van der Waals surface area contributed by atoms with Crippen LogP contribution in [0.25, 0.3) is 0 Å². The minimum absolute atomic E-state index is 0.0645.